The van der Waals surface area contributed by atoms with Crippen LogP contribution in [0.15, 0.2) is 0 Å². The topological polar surface area (TPSA) is 27.7 Å². The maximum absolute atomic E-state index is 5.95. The highest BCUT2D eigenvalue weighted by molar-refractivity contribution is 6.66. The van der Waals surface area contributed by atoms with Crippen molar-refractivity contribution in [2.75, 3.05) is 26.4 Å². The molecule has 15 heavy (non-hydrogen) atoms. The molecule has 1 heterocycles. The summed E-state index contributed by atoms with van der Waals surface area (Å²) in [6.07, 6.45) is 2.14. The zero-order valence-electron chi connectivity index (χ0n) is 10.3. The first-order valence-electron chi connectivity index (χ1n) is 6.06. The average molecular weight is 232 g/mol. The molecule has 0 radical (unpaired) electrons. The van der Waals surface area contributed by atoms with Crippen LogP contribution in [0, 0.1) is 5.92 Å². The van der Waals surface area contributed by atoms with E-state index in [0.29, 0.717) is 5.92 Å². The Morgan fingerprint density at radius 1 is 1.13 bits per heavy atom. The van der Waals surface area contributed by atoms with Crippen LogP contribution < -0.4 is 0 Å². The molecule has 0 amide bonds. The van der Waals surface area contributed by atoms with Crippen molar-refractivity contribution in [3.05, 3.63) is 0 Å². The molecule has 0 bridgehead atoms. The molecule has 1 fully saturated rings. The molecule has 0 aromatic heterocycles. The molecule has 0 unspecified atom stereocenters. The summed E-state index contributed by atoms with van der Waals surface area (Å²) in [7, 11) is -1.90. The Morgan fingerprint density at radius 2 is 1.67 bits per heavy atom. The highest BCUT2D eigenvalue weighted by Crippen LogP contribution is 2.25. The molecule has 1 aliphatic heterocycles. The van der Waals surface area contributed by atoms with Gasteiger partial charge in [0.1, 0.15) is 0 Å². The summed E-state index contributed by atoms with van der Waals surface area (Å²) < 4.78 is 17.1. The third-order valence-corrected chi connectivity index (χ3v) is 5.54. The van der Waals surface area contributed by atoms with Crippen LogP contribution in [-0.4, -0.2) is 35.0 Å². The van der Waals surface area contributed by atoms with Crippen molar-refractivity contribution < 1.29 is 13.6 Å². The van der Waals surface area contributed by atoms with Crippen LogP contribution in [0.1, 0.15) is 26.7 Å². The lowest BCUT2D eigenvalue weighted by molar-refractivity contribution is -0.0275. The van der Waals surface area contributed by atoms with Gasteiger partial charge in [-0.25, -0.2) is 0 Å². The van der Waals surface area contributed by atoms with E-state index in [1.54, 1.807) is 0 Å². The molecule has 0 aromatic carbocycles. The van der Waals surface area contributed by atoms with Gasteiger partial charge in [0, 0.05) is 19.1 Å². The van der Waals surface area contributed by atoms with Gasteiger partial charge in [-0.2, -0.15) is 0 Å². The van der Waals surface area contributed by atoms with Crippen molar-refractivity contribution >= 4 is 8.56 Å². The molecule has 1 aliphatic rings. The first-order valence-corrected chi connectivity index (χ1v) is 8.58. The molecular formula is C11H24O3Si. The van der Waals surface area contributed by atoms with Crippen molar-refractivity contribution in [3.8, 4) is 0 Å². The van der Waals surface area contributed by atoms with Gasteiger partial charge in [-0.3, -0.25) is 0 Å². The van der Waals surface area contributed by atoms with Gasteiger partial charge in [-0.1, -0.05) is 13.8 Å². The van der Waals surface area contributed by atoms with E-state index >= 15 is 0 Å². The number of hydrogen-bond acceptors (Lipinski definition) is 3. The third-order valence-electron chi connectivity index (χ3n) is 2.59. The minimum absolute atomic E-state index is 0.676. The van der Waals surface area contributed by atoms with E-state index in [9.17, 15) is 0 Å². The molecule has 0 atom stereocenters. The quantitative estimate of drug-likeness (QED) is 0.602. The summed E-state index contributed by atoms with van der Waals surface area (Å²) in [5.74, 6) is 0.676. The lowest BCUT2D eigenvalue weighted by Gasteiger charge is -2.34. The highest BCUT2D eigenvalue weighted by atomic mass is 28.4. The summed E-state index contributed by atoms with van der Waals surface area (Å²) in [5, 5.41) is 0. The van der Waals surface area contributed by atoms with Gasteiger partial charge in [0.15, 0.2) is 0 Å². The number of rotatable bonds is 8. The second-order valence-corrected chi connectivity index (χ2v) is 7.69. The Hall–Kier alpha value is 0.0969. The Balaban J connectivity index is 2.33. The summed E-state index contributed by atoms with van der Waals surface area (Å²) in [6, 6.07) is 1.09. The van der Waals surface area contributed by atoms with Crippen LogP contribution in [0.3, 0.4) is 0 Å². The van der Waals surface area contributed by atoms with E-state index in [1.807, 2.05) is 0 Å². The standard InChI is InChI=1S/C11H24O3Si/c1-4-6-13-15(3,14-7-5-2)10-11-8-12-9-11/h11H,4-10H2,1-3H3. The lowest BCUT2D eigenvalue weighted by atomic mass is 10.1. The van der Waals surface area contributed by atoms with E-state index in [4.69, 9.17) is 13.6 Å². The normalized spacial score (nSPS) is 17.8. The molecule has 0 N–H and O–H groups in total. The minimum Gasteiger partial charge on any atom is -0.394 e. The van der Waals surface area contributed by atoms with Crippen LogP contribution in [0.4, 0.5) is 0 Å². The highest BCUT2D eigenvalue weighted by Gasteiger charge is 2.37. The van der Waals surface area contributed by atoms with Gasteiger partial charge in [0.25, 0.3) is 0 Å². The first kappa shape index (κ1) is 13.2. The van der Waals surface area contributed by atoms with Crippen LogP contribution >= 0.6 is 0 Å². The van der Waals surface area contributed by atoms with E-state index < -0.39 is 8.56 Å². The van der Waals surface area contributed by atoms with E-state index in [1.165, 1.54) is 0 Å². The van der Waals surface area contributed by atoms with Crippen molar-refractivity contribution in [2.45, 2.75) is 39.3 Å². The van der Waals surface area contributed by atoms with E-state index in [-0.39, 0.29) is 0 Å². The Labute approximate surface area is 94.4 Å². The number of hydrogen-bond donors (Lipinski definition) is 0. The molecule has 90 valence electrons. The largest absolute Gasteiger partial charge is 0.394 e. The van der Waals surface area contributed by atoms with Gasteiger partial charge >= 0.3 is 8.56 Å². The predicted molar refractivity (Wildman–Crippen MR) is 63.2 cm³/mol. The van der Waals surface area contributed by atoms with E-state index in [2.05, 4.69) is 20.4 Å². The maximum atomic E-state index is 5.95. The zero-order valence-corrected chi connectivity index (χ0v) is 11.3. The second-order valence-electron chi connectivity index (χ2n) is 4.44. The average Bonchev–Trinajstić information content (AvgIpc) is 2.18. The van der Waals surface area contributed by atoms with Crippen LogP contribution in [0.2, 0.25) is 12.6 Å². The fourth-order valence-corrected chi connectivity index (χ4v) is 4.60. The maximum Gasteiger partial charge on any atom is 0.335 e. The Bertz CT molecular complexity index is 163. The third kappa shape index (κ3) is 4.63. The smallest absolute Gasteiger partial charge is 0.335 e. The summed E-state index contributed by atoms with van der Waals surface area (Å²) in [6.45, 7) is 9.93. The van der Waals surface area contributed by atoms with Gasteiger partial charge < -0.3 is 13.6 Å². The second kappa shape index (κ2) is 6.63. The molecule has 4 heteroatoms. The number of ether oxygens (including phenoxy) is 1. The fourth-order valence-electron chi connectivity index (χ4n) is 1.72. The molecule has 3 nitrogen and oxygen atoms in total. The minimum atomic E-state index is -1.90. The molecule has 0 aliphatic carbocycles. The van der Waals surface area contributed by atoms with Gasteiger partial charge in [0.05, 0.1) is 13.2 Å². The Kier molecular flexibility index (Phi) is 5.82. The van der Waals surface area contributed by atoms with Gasteiger partial charge in [0.2, 0.25) is 0 Å². The van der Waals surface area contributed by atoms with Crippen molar-refractivity contribution in [1.82, 2.24) is 0 Å². The molecule has 1 rings (SSSR count). The van der Waals surface area contributed by atoms with Crippen molar-refractivity contribution in [3.63, 3.8) is 0 Å². The van der Waals surface area contributed by atoms with Gasteiger partial charge in [-0.15, -0.1) is 0 Å². The summed E-state index contributed by atoms with van der Waals surface area (Å²) in [4.78, 5) is 0. The fraction of sp³-hybridized carbons (Fsp3) is 1.00. The zero-order chi connectivity index (χ0) is 11.1. The first-order chi connectivity index (χ1) is 7.20. The summed E-state index contributed by atoms with van der Waals surface area (Å²) >= 11 is 0. The molecule has 1 saturated heterocycles. The summed E-state index contributed by atoms with van der Waals surface area (Å²) in [5.41, 5.74) is 0. The van der Waals surface area contributed by atoms with Crippen molar-refractivity contribution in [2.24, 2.45) is 5.92 Å². The predicted octanol–water partition coefficient (Wildman–Crippen LogP) is 2.56. The SMILES string of the molecule is CCCO[Si](C)(CC1COC1)OCCC. The molecule has 0 aromatic rings. The van der Waals surface area contributed by atoms with Gasteiger partial charge in [-0.05, 0) is 25.4 Å². The van der Waals surface area contributed by atoms with Crippen LogP contribution in [0.25, 0.3) is 0 Å². The molecule has 0 spiro atoms. The Morgan fingerprint density at radius 3 is 2.00 bits per heavy atom. The van der Waals surface area contributed by atoms with Crippen molar-refractivity contribution in [1.29, 1.82) is 0 Å². The van der Waals surface area contributed by atoms with E-state index in [0.717, 1.165) is 45.3 Å². The molecular weight excluding hydrogens is 208 g/mol. The molecule has 0 saturated carbocycles. The van der Waals surface area contributed by atoms with Crippen LogP contribution in [-0.2, 0) is 13.6 Å². The monoisotopic (exact) mass is 232 g/mol. The van der Waals surface area contributed by atoms with Crippen LogP contribution in [0.5, 0.6) is 0 Å². The lowest BCUT2D eigenvalue weighted by Crippen LogP contribution is -2.45.